The Labute approximate surface area is 122 Å². The van der Waals surface area contributed by atoms with Crippen molar-refractivity contribution in [3.05, 3.63) is 69.9 Å². The van der Waals surface area contributed by atoms with Crippen molar-refractivity contribution in [1.29, 1.82) is 0 Å². The summed E-state index contributed by atoms with van der Waals surface area (Å²) in [6.07, 6.45) is 0. The van der Waals surface area contributed by atoms with E-state index in [0.717, 1.165) is 16.6 Å². The molecule has 19 heavy (non-hydrogen) atoms. The molecular weight excluding hydrogens is 305 g/mol. The van der Waals surface area contributed by atoms with Crippen LogP contribution in [0.1, 0.15) is 24.1 Å². The van der Waals surface area contributed by atoms with Gasteiger partial charge in [0.15, 0.2) is 0 Å². The standard InChI is InChI=1S/C16H17BrFN/c1-12(15-8-3-4-9-16(15)18)19(2)11-13-6-5-7-14(17)10-13/h3-10,12H,11H2,1-2H3. The van der Waals surface area contributed by atoms with Crippen LogP contribution in [0.4, 0.5) is 4.39 Å². The maximum Gasteiger partial charge on any atom is 0.127 e. The Morgan fingerprint density at radius 1 is 1.16 bits per heavy atom. The molecule has 0 N–H and O–H groups in total. The molecule has 0 aliphatic heterocycles. The monoisotopic (exact) mass is 321 g/mol. The third kappa shape index (κ3) is 3.64. The van der Waals surface area contributed by atoms with Crippen LogP contribution >= 0.6 is 15.9 Å². The highest BCUT2D eigenvalue weighted by atomic mass is 79.9. The maximum atomic E-state index is 13.8. The Morgan fingerprint density at radius 3 is 2.58 bits per heavy atom. The molecule has 0 aliphatic rings. The second-order valence-corrected chi connectivity index (χ2v) is 5.66. The van der Waals surface area contributed by atoms with Crippen molar-refractivity contribution in [1.82, 2.24) is 4.90 Å². The van der Waals surface area contributed by atoms with E-state index in [0.29, 0.717) is 0 Å². The van der Waals surface area contributed by atoms with Gasteiger partial charge in [0.1, 0.15) is 5.82 Å². The van der Waals surface area contributed by atoms with E-state index in [2.05, 4.69) is 33.0 Å². The molecule has 2 aromatic carbocycles. The summed E-state index contributed by atoms with van der Waals surface area (Å²) in [5, 5.41) is 0. The van der Waals surface area contributed by atoms with Crippen molar-refractivity contribution in [2.45, 2.75) is 19.5 Å². The van der Waals surface area contributed by atoms with Gasteiger partial charge in [0, 0.05) is 22.6 Å². The first-order chi connectivity index (χ1) is 9.08. The van der Waals surface area contributed by atoms with E-state index in [4.69, 9.17) is 0 Å². The van der Waals surface area contributed by atoms with E-state index in [1.807, 2.05) is 38.2 Å². The molecule has 2 aromatic rings. The van der Waals surface area contributed by atoms with Crippen LogP contribution in [0, 0.1) is 5.82 Å². The number of hydrogen-bond donors (Lipinski definition) is 0. The SMILES string of the molecule is CC(c1ccccc1F)N(C)Cc1cccc(Br)c1. The number of halogens is 2. The molecule has 0 aliphatic carbocycles. The zero-order valence-corrected chi connectivity index (χ0v) is 12.7. The third-order valence-corrected chi connectivity index (χ3v) is 3.83. The molecule has 0 bridgehead atoms. The molecule has 0 fully saturated rings. The van der Waals surface area contributed by atoms with Crippen molar-refractivity contribution in [2.75, 3.05) is 7.05 Å². The Morgan fingerprint density at radius 2 is 1.89 bits per heavy atom. The topological polar surface area (TPSA) is 3.24 Å². The van der Waals surface area contributed by atoms with Gasteiger partial charge in [-0.05, 0) is 37.7 Å². The Kier molecular flexibility index (Phi) is 4.72. The van der Waals surface area contributed by atoms with Crippen LogP contribution in [0.25, 0.3) is 0 Å². The van der Waals surface area contributed by atoms with E-state index in [9.17, 15) is 4.39 Å². The second-order valence-electron chi connectivity index (χ2n) is 4.74. The number of hydrogen-bond acceptors (Lipinski definition) is 1. The molecule has 1 unspecified atom stereocenters. The summed E-state index contributed by atoms with van der Waals surface area (Å²) in [5.41, 5.74) is 1.94. The lowest BCUT2D eigenvalue weighted by atomic mass is 10.1. The summed E-state index contributed by atoms with van der Waals surface area (Å²) in [7, 11) is 2.01. The van der Waals surface area contributed by atoms with E-state index in [-0.39, 0.29) is 11.9 Å². The normalized spacial score (nSPS) is 12.7. The van der Waals surface area contributed by atoms with Crippen LogP contribution in [-0.2, 0) is 6.54 Å². The van der Waals surface area contributed by atoms with Crippen molar-refractivity contribution in [2.24, 2.45) is 0 Å². The average Bonchev–Trinajstić information content (AvgIpc) is 2.38. The molecule has 0 aromatic heterocycles. The first-order valence-corrected chi connectivity index (χ1v) is 7.06. The van der Waals surface area contributed by atoms with Gasteiger partial charge in [0.25, 0.3) is 0 Å². The molecular formula is C16H17BrFN. The van der Waals surface area contributed by atoms with Gasteiger partial charge in [0.2, 0.25) is 0 Å². The van der Waals surface area contributed by atoms with E-state index in [1.165, 1.54) is 11.6 Å². The molecule has 0 amide bonds. The minimum absolute atomic E-state index is 0.0418. The van der Waals surface area contributed by atoms with Crippen LogP contribution in [0.2, 0.25) is 0 Å². The first-order valence-electron chi connectivity index (χ1n) is 6.27. The summed E-state index contributed by atoms with van der Waals surface area (Å²) < 4.78 is 14.8. The van der Waals surface area contributed by atoms with E-state index >= 15 is 0 Å². The molecule has 0 heterocycles. The highest BCUT2D eigenvalue weighted by Gasteiger charge is 2.15. The van der Waals surface area contributed by atoms with Gasteiger partial charge >= 0.3 is 0 Å². The zero-order valence-electron chi connectivity index (χ0n) is 11.1. The van der Waals surface area contributed by atoms with Crippen molar-refractivity contribution in [3.63, 3.8) is 0 Å². The molecule has 1 atom stereocenters. The molecule has 0 saturated heterocycles. The van der Waals surface area contributed by atoms with Gasteiger partial charge < -0.3 is 0 Å². The molecule has 0 spiro atoms. The fraction of sp³-hybridized carbons (Fsp3) is 0.250. The maximum absolute atomic E-state index is 13.8. The van der Waals surface area contributed by atoms with Crippen molar-refractivity contribution >= 4 is 15.9 Å². The lowest BCUT2D eigenvalue weighted by Gasteiger charge is -2.25. The van der Waals surface area contributed by atoms with E-state index < -0.39 is 0 Å². The Bertz CT molecular complexity index is 556. The average molecular weight is 322 g/mol. The van der Waals surface area contributed by atoms with Gasteiger partial charge in [0.05, 0.1) is 0 Å². The van der Waals surface area contributed by atoms with Crippen LogP contribution in [0.5, 0.6) is 0 Å². The number of nitrogens with zero attached hydrogens (tertiary/aromatic N) is 1. The second kappa shape index (κ2) is 6.31. The molecule has 0 saturated carbocycles. The minimum atomic E-state index is -0.143. The highest BCUT2D eigenvalue weighted by Crippen LogP contribution is 2.23. The third-order valence-electron chi connectivity index (χ3n) is 3.34. The van der Waals surface area contributed by atoms with Gasteiger partial charge in [-0.15, -0.1) is 0 Å². The summed E-state index contributed by atoms with van der Waals surface area (Å²) in [6, 6.07) is 15.2. The Balaban J connectivity index is 2.12. The zero-order chi connectivity index (χ0) is 13.8. The van der Waals surface area contributed by atoms with Crippen LogP contribution in [0.15, 0.2) is 53.0 Å². The highest BCUT2D eigenvalue weighted by molar-refractivity contribution is 9.10. The molecule has 100 valence electrons. The lowest BCUT2D eigenvalue weighted by molar-refractivity contribution is 0.248. The lowest BCUT2D eigenvalue weighted by Crippen LogP contribution is -2.22. The largest absolute Gasteiger partial charge is 0.295 e. The number of rotatable bonds is 4. The predicted octanol–water partition coefficient (Wildman–Crippen LogP) is 4.78. The van der Waals surface area contributed by atoms with Crippen LogP contribution in [0.3, 0.4) is 0 Å². The predicted molar refractivity (Wildman–Crippen MR) is 80.4 cm³/mol. The molecule has 3 heteroatoms. The summed E-state index contributed by atoms with van der Waals surface area (Å²) in [6.45, 7) is 2.81. The molecule has 2 rings (SSSR count). The van der Waals surface area contributed by atoms with Gasteiger partial charge in [-0.2, -0.15) is 0 Å². The van der Waals surface area contributed by atoms with Crippen LogP contribution in [-0.4, -0.2) is 11.9 Å². The molecule has 0 radical (unpaired) electrons. The Hall–Kier alpha value is -1.19. The minimum Gasteiger partial charge on any atom is -0.295 e. The van der Waals surface area contributed by atoms with Gasteiger partial charge in [-0.25, -0.2) is 4.39 Å². The summed E-state index contributed by atoms with van der Waals surface area (Å²) in [5.74, 6) is -0.143. The quantitative estimate of drug-likeness (QED) is 0.783. The van der Waals surface area contributed by atoms with Crippen molar-refractivity contribution in [3.8, 4) is 0 Å². The van der Waals surface area contributed by atoms with Crippen LogP contribution < -0.4 is 0 Å². The summed E-state index contributed by atoms with van der Waals surface area (Å²) in [4.78, 5) is 2.14. The molecule has 1 nitrogen and oxygen atoms in total. The van der Waals surface area contributed by atoms with Gasteiger partial charge in [-0.3, -0.25) is 4.90 Å². The fourth-order valence-electron chi connectivity index (χ4n) is 2.11. The van der Waals surface area contributed by atoms with E-state index in [1.54, 1.807) is 6.07 Å². The first kappa shape index (κ1) is 14.2. The smallest absolute Gasteiger partial charge is 0.127 e. The van der Waals surface area contributed by atoms with Crippen molar-refractivity contribution < 1.29 is 4.39 Å². The van der Waals surface area contributed by atoms with Gasteiger partial charge in [-0.1, -0.05) is 46.3 Å². The number of benzene rings is 2. The fourth-order valence-corrected chi connectivity index (χ4v) is 2.56. The summed E-state index contributed by atoms with van der Waals surface area (Å²) >= 11 is 3.47.